The topological polar surface area (TPSA) is 35.5 Å². The van der Waals surface area contributed by atoms with Crippen molar-refractivity contribution in [1.82, 2.24) is 0 Å². The summed E-state index contributed by atoms with van der Waals surface area (Å²) in [6.07, 6.45) is -10.0. The van der Waals surface area contributed by atoms with Crippen LogP contribution in [0, 0.1) is 23.2 Å². The molecule has 1 saturated heterocycles. The van der Waals surface area contributed by atoms with E-state index < -0.39 is 41.5 Å². The van der Waals surface area contributed by atoms with Gasteiger partial charge < -0.3 is 9.47 Å². The molecule has 0 amide bonds. The SMILES string of the molecule is O=C1[C@@H]2C=C[C@]13CCC[C@@H]3[C@@H]1CCO[C@]21OC(C(F)(F)F)C(F)(F)F. The monoisotopic (exact) mass is 370 g/mol. The van der Waals surface area contributed by atoms with Gasteiger partial charge in [0.2, 0.25) is 0 Å². The molecular formula is C16H16F6O3. The van der Waals surface area contributed by atoms with Gasteiger partial charge in [-0.25, -0.2) is 0 Å². The molecule has 140 valence electrons. The number of ether oxygens (including phenoxy) is 2. The molecule has 0 radical (unpaired) electrons. The zero-order valence-corrected chi connectivity index (χ0v) is 13.0. The Bertz CT molecular complexity index is 612. The fourth-order valence-electron chi connectivity index (χ4n) is 5.33. The molecule has 3 fully saturated rings. The highest BCUT2D eigenvalue weighted by Crippen LogP contribution is 2.65. The van der Waals surface area contributed by atoms with E-state index in [1.165, 1.54) is 6.08 Å². The zero-order chi connectivity index (χ0) is 18.3. The van der Waals surface area contributed by atoms with Crippen LogP contribution < -0.4 is 0 Å². The number of ketones is 1. The lowest BCUT2D eigenvalue weighted by molar-refractivity contribution is -0.391. The highest BCUT2D eigenvalue weighted by molar-refractivity contribution is 5.95. The van der Waals surface area contributed by atoms with Gasteiger partial charge in [-0.1, -0.05) is 18.6 Å². The van der Waals surface area contributed by atoms with Crippen molar-refractivity contribution in [2.24, 2.45) is 23.2 Å². The van der Waals surface area contributed by atoms with Crippen molar-refractivity contribution >= 4 is 5.78 Å². The summed E-state index contributed by atoms with van der Waals surface area (Å²) in [4.78, 5) is 12.8. The minimum Gasteiger partial charge on any atom is -0.349 e. The predicted molar refractivity (Wildman–Crippen MR) is 71.2 cm³/mol. The van der Waals surface area contributed by atoms with E-state index in [4.69, 9.17) is 9.47 Å². The number of rotatable bonds is 2. The summed E-state index contributed by atoms with van der Waals surface area (Å²) < 4.78 is 88.2. The standard InChI is InChI=1S/C16H16F6O3/c17-15(18,19)12(16(20,21)22)25-14-9(4-7-24-14)8-2-1-5-13(8)6-3-10(14)11(13)23/h3,6,8-10,12H,1-2,4-5,7H2/t8-,9+,10+,13+,14-/m1/s1. The lowest BCUT2D eigenvalue weighted by Gasteiger charge is -2.49. The number of allylic oxidation sites excluding steroid dienone is 1. The normalized spacial score (nSPS) is 43.0. The summed E-state index contributed by atoms with van der Waals surface area (Å²) in [5.74, 6) is -4.75. The lowest BCUT2D eigenvalue weighted by Crippen LogP contribution is -2.62. The molecule has 3 aliphatic carbocycles. The Balaban J connectivity index is 1.77. The Labute approximate surface area is 139 Å². The molecule has 5 atom stereocenters. The summed E-state index contributed by atoms with van der Waals surface area (Å²) in [7, 11) is 0. The molecule has 9 heteroatoms. The smallest absolute Gasteiger partial charge is 0.349 e. The Morgan fingerprint density at radius 1 is 1.12 bits per heavy atom. The van der Waals surface area contributed by atoms with E-state index in [9.17, 15) is 31.1 Å². The molecule has 2 saturated carbocycles. The fraction of sp³-hybridized carbons (Fsp3) is 0.812. The number of carbonyl (C=O) groups is 1. The number of hydrogen-bond acceptors (Lipinski definition) is 3. The van der Waals surface area contributed by atoms with Gasteiger partial charge in [-0.15, -0.1) is 0 Å². The minimum absolute atomic E-state index is 0.0166. The molecule has 4 rings (SSSR count). The van der Waals surface area contributed by atoms with Gasteiger partial charge in [0.1, 0.15) is 0 Å². The first kappa shape index (κ1) is 17.3. The van der Waals surface area contributed by atoms with Crippen LogP contribution in [0.3, 0.4) is 0 Å². The van der Waals surface area contributed by atoms with Gasteiger partial charge in [-0.2, -0.15) is 26.3 Å². The van der Waals surface area contributed by atoms with E-state index in [2.05, 4.69) is 0 Å². The number of carbonyl (C=O) groups excluding carboxylic acids is 1. The molecule has 0 N–H and O–H groups in total. The predicted octanol–water partition coefficient (Wildman–Crippen LogP) is 3.78. The lowest BCUT2D eigenvalue weighted by atomic mass is 9.60. The Kier molecular flexibility index (Phi) is 3.46. The molecule has 4 aliphatic rings. The van der Waals surface area contributed by atoms with Crippen molar-refractivity contribution in [2.45, 2.75) is 49.9 Å². The van der Waals surface area contributed by atoms with E-state index in [-0.39, 0.29) is 18.3 Å². The molecule has 3 nitrogen and oxygen atoms in total. The molecule has 0 aromatic rings. The molecule has 1 aliphatic heterocycles. The van der Waals surface area contributed by atoms with Crippen LogP contribution in [0.4, 0.5) is 26.3 Å². The first-order valence-electron chi connectivity index (χ1n) is 8.21. The highest BCUT2D eigenvalue weighted by Gasteiger charge is 2.73. The summed E-state index contributed by atoms with van der Waals surface area (Å²) in [6.45, 7) is -0.0166. The van der Waals surface area contributed by atoms with E-state index in [0.29, 0.717) is 25.7 Å². The van der Waals surface area contributed by atoms with Crippen LogP contribution in [0.15, 0.2) is 12.2 Å². The molecule has 0 unspecified atom stereocenters. The number of hydrogen-bond donors (Lipinski definition) is 0. The average Bonchev–Trinajstić information content (AvgIpc) is 3.14. The summed E-state index contributed by atoms with van der Waals surface area (Å²) >= 11 is 0. The summed E-state index contributed by atoms with van der Waals surface area (Å²) in [5, 5.41) is 0. The van der Waals surface area contributed by atoms with Gasteiger partial charge in [0.15, 0.2) is 11.6 Å². The second-order valence-corrected chi connectivity index (χ2v) is 7.29. The minimum atomic E-state index is -5.64. The van der Waals surface area contributed by atoms with Crippen LogP contribution in [0.1, 0.15) is 25.7 Å². The van der Waals surface area contributed by atoms with Crippen molar-refractivity contribution in [3.05, 3.63) is 12.2 Å². The van der Waals surface area contributed by atoms with Gasteiger partial charge in [-0.3, -0.25) is 4.79 Å². The summed E-state index contributed by atoms with van der Waals surface area (Å²) in [6, 6.07) is 0. The van der Waals surface area contributed by atoms with Crippen LogP contribution >= 0.6 is 0 Å². The number of alkyl halides is 6. The van der Waals surface area contributed by atoms with E-state index >= 15 is 0 Å². The summed E-state index contributed by atoms with van der Waals surface area (Å²) in [5.41, 5.74) is -0.762. The van der Waals surface area contributed by atoms with E-state index in [1.54, 1.807) is 6.08 Å². The fourth-order valence-corrected chi connectivity index (χ4v) is 5.33. The third-order valence-corrected chi connectivity index (χ3v) is 6.18. The first-order valence-corrected chi connectivity index (χ1v) is 8.21. The van der Waals surface area contributed by atoms with E-state index in [0.717, 1.165) is 0 Å². The third kappa shape index (κ3) is 2.17. The van der Waals surface area contributed by atoms with Crippen LogP contribution in [0.25, 0.3) is 0 Å². The molecule has 2 bridgehead atoms. The van der Waals surface area contributed by atoms with E-state index in [1.807, 2.05) is 0 Å². The molecule has 0 aromatic heterocycles. The van der Waals surface area contributed by atoms with Crippen molar-refractivity contribution < 1.29 is 40.6 Å². The van der Waals surface area contributed by atoms with Crippen LogP contribution in [0.5, 0.6) is 0 Å². The Hall–Kier alpha value is -1.09. The Morgan fingerprint density at radius 3 is 2.44 bits per heavy atom. The number of fused-ring (bicyclic) bond motifs is 4. The van der Waals surface area contributed by atoms with Gasteiger partial charge in [-0.05, 0) is 25.2 Å². The van der Waals surface area contributed by atoms with Gasteiger partial charge in [0.05, 0.1) is 17.9 Å². The number of halogens is 6. The van der Waals surface area contributed by atoms with Crippen LogP contribution in [-0.4, -0.2) is 36.6 Å². The van der Waals surface area contributed by atoms with Crippen molar-refractivity contribution in [1.29, 1.82) is 0 Å². The molecular weight excluding hydrogens is 354 g/mol. The van der Waals surface area contributed by atoms with Crippen molar-refractivity contribution in [3.63, 3.8) is 0 Å². The Morgan fingerprint density at radius 2 is 1.80 bits per heavy atom. The van der Waals surface area contributed by atoms with Crippen molar-refractivity contribution in [2.75, 3.05) is 6.61 Å². The maximum atomic E-state index is 13.0. The second kappa shape index (κ2) is 5.00. The highest BCUT2D eigenvalue weighted by atomic mass is 19.4. The largest absolute Gasteiger partial charge is 0.423 e. The third-order valence-electron chi connectivity index (χ3n) is 6.18. The van der Waals surface area contributed by atoms with Gasteiger partial charge in [0.25, 0.3) is 6.10 Å². The maximum absolute atomic E-state index is 13.0. The number of Topliss-reactive ketones (excluding diaryl/α,β-unsaturated/α-hetero) is 1. The average molecular weight is 370 g/mol. The van der Waals surface area contributed by atoms with Crippen LogP contribution in [-0.2, 0) is 14.3 Å². The first-order chi connectivity index (χ1) is 11.5. The maximum Gasteiger partial charge on any atom is 0.423 e. The molecule has 0 aromatic carbocycles. The zero-order valence-electron chi connectivity index (χ0n) is 13.0. The van der Waals surface area contributed by atoms with Gasteiger partial charge >= 0.3 is 12.4 Å². The van der Waals surface area contributed by atoms with Crippen molar-refractivity contribution in [3.8, 4) is 0 Å². The van der Waals surface area contributed by atoms with Crippen LogP contribution in [0.2, 0.25) is 0 Å². The van der Waals surface area contributed by atoms with Gasteiger partial charge in [0, 0.05) is 5.92 Å². The molecule has 1 heterocycles. The second-order valence-electron chi connectivity index (χ2n) is 7.29. The molecule has 25 heavy (non-hydrogen) atoms. The molecule has 1 spiro atoms. The quantitative estimate of drug-likeness (QED) is 0.548.